The summed E-state index contributed by atoms with van der Waals surface area (Å²) in [6.07, 6.45) is 22.2. The first-order valence-corrected chi connectivity index (χ1v) is 18.1. The Bertz CT molecular complexity index is 1550. The molecule has 0 amide bonds. The highest BCUT2D eigenvalue weighted by Gasteiger charge is 2.13. The van der Waals surface area contributed by atoms with Gasteiger partial charge in [-0.05, 0) is 74.5 Å². The van der Waals surface area contributed by atoms with Gasteiger partial charge in [0.15, 0.2) is 0 Å². The normalized spacial score (nSPS) is 11.4. The number of fused-ring (bicyclic) bond motifs is 2. The summed E-state index contributed by atoms with van der Waals surface area (Å²) in [5.41, 5.74) is 5.02. The molecule has 45 heavy (non-hydrogen) atoms. The predicted molar refractivity (Wildman–Crippen MR) is 197 cm³/mol. The van der Waals surface area contributed by atoms with Gasteiger partial charge in [0.1, 0.15) is 5.75 Å². The molecule has 0 aromatic heterocycles. The molecule has 1 heteroatoms. The molecule has 0 saturated carbocycles. The molecule has 0 fully saturated rings. The molecule has 0 aliphatic rings. The van der Waals surface area contributed by atoms with Gasteiger partial charge in [0.05, 0.1) is 6.61 Å². The molecule has 0 unspecified atom stereocenters. The summed E-state index contributed by atoms with van der Waals surface area (Å²) in [6, 6.07) is 37.4. The lowest BCUT2D eigenvalue weighted by molar-refractivity contribution is 0.304. The Morgan fingerprint density at radius 1 is 0.422 bits per heavy atom. The van der Waals surface area contributed by atoms with E-state index in [1.54, 1.807) is 0 Å². The van der Waals surface area contributed by atoms with E-state index in [0.29, 0.717) is 0 Å². The van der Waals surface area contributed by atoms with E-state index in [2.05, 4.69) is 110 Å². The lowest BCUT2D eigenvalue weighted by Gasteiger charge is -2.16. The van der Waals surface area contributed by atoms with Gasteiger partial charge in [-0.3, -0.25) is 0 Å². The minimum atomic E-state index is 0.799. The molecule has 0 atom stereocenters. The van der Waals surface area contributed by atoms with Crippen molar-refractivity contribution in [1.29, 1.82) is 0 Å². The van der Waals surface area contributed by atoms with Gasteiger partial charge in [-0.2, -0.15) is 0 Å². The van der Waals surface area contributed by atoms with Crippen LogP contribution in [0.15, 0.2) is 103 Å². The van der Waals surface area contributed by atoms with Crippen molar-refractivity contribution in [3.63, 3.8) is 0 Å². The second kappa shape index (κ2) is 18.4. The van der Waals surface area contributed by atoms with Crippen LogP contribution < -0.4 is 4.74 Å². The van der Waals surface area contributed by atoms with Crippen molar-refractivity contribution < 1.29 is 4.74 Å². The second-order valence-corrected chi connectivity index (χ2v) is 13.0. The zero-order valence-corrected chi connectivity index (χ0v) is 27.7. The molecule has 5 aromatic carbocycles. The zero-order chi connectivity index (χ0) is 30.9. The number of ether oxygens (including phenoxy) is 1. The van der Waals surface area contributed by atoms with Crippen LogP contribution >= 0.6 is 0 Å². The van der Waals surface area contributed by atoms with Crippen molar-refractivity contribution in [3.05, 3.63) is 103 Å². The van der Waals surface area contributed by atoms with Crippen LogP contribution in [0, 0.1) is 0 Å². The van der Waals surface area contributed by atoms with E-state index in [0.717, 1.165) is 18.8 Å². The Hall–Kier alpha value is -3.58. The van der Waals surface area contributed by atoms with Gasteiger partial charge in [-0.15, -0.1) is 0 Å². The standard InChI is InChI=1S/C44H54O/c1-2-3-4-5-6-7-8-9-10-11-12-13-14-15-16-22-33-45-41-30-27-37(28-31-41)44-42(36-23-18-17-19-24-36)32-29-40-34-38-25-20-21-26-39(38)35-43(40)44/h17-21,23-32,34-35H,2-16,22,33H2,1H3. The molecule has 0 bridgehead atoms. The third kappa shape index (κ3) is 9.95. The molecule has 5 aromatic rings. The number of rotatable bonds is 20. The topological polar surface area (TPSA) is 9.23 Å². The maximum Gasteiger partial charge on any atom is 0.119 e. The molecular weight excluding hydrogens is 544 g/mol. The van der Waals surface area contributed by atoms with Crippen LogP contribution in [-0.4, -0.2) is 6.61 Å². The van der Waals surface area contributed by atoms with Gasteiger partial charge in [-0.25, -0.2) is 0 Å². The van der Waals surface area contributed by atoms with Crippen molar-refractivity contribution in [1.82, 2.24) is 0 Å². The summed E-state index contributed by atoms with van der Waals surface area (Å²) in [6.45, 7) is 3.10. The summed E-state index contributed by atoms with van der Waals surface area (Å²) in [7, 11) is 0. The SMILES string of the molecule is CCCCCCCCCCCCCCCCCCOc1ccc(-c2c(-c3ccccc3)ccc3cc4ccccc4cc23)cc1. The van der Waals surface area contributed by atoms with E-state index >= 15 is 0 Å². The van der Waals surface area contributed by atoms with Crippen LogP contribution in [0.25, 0.3) is 43.8 Å². The Labute approximate surface area is 273 Å². The van der Waals surface area contributed by atoms with Crippen LogP contribution in [-0.2, 0) is 0 Å². The lowest BCUT2D eigenvalue weighted by atomic mass is 9.88. The van der Waals surface area contributed by atoms with Crippen LogP contribution in [0.4, 0.5) is 0 Å². The number of hydrogen-bond donors (Lipinski definition) is 0. The Morgan fingerprint density at radius 3 is 1.56 bits per heavy atom. The summed E-state index contributed by atoms with van der Waals surface area (Å²) in [5.74, 6) is 0.964. The number of hydrogen-bond acceptors (Lipinski definition) is 1. The quantitative estimate of drug-likeness (QED) is 0.0639. The third-order valence-electron chi connectivity index (χ3n) is 9.38. The Kier molecular flexibility index (Phi) is 13.4. The first-order valence-electron chi connectivity index (χ1n) is 18.1. The van der Waals surface area contributed by atoms with Crippen molar-refractivity contribution in [2.45, 2.75) is 110 Å². The van der Waals surface area contributed by atoms with E-state index in [9.17, 15) is 0 Å². The Balaban J connectivity index is 1.06. The van der Waals surface area contributed by atoms with E-state index in [1.807, 2.05) is 0 Å². The first-order chi connectivity index (χ1) is 22.3. The first kappa shape index (κ1) is 32.8. The molecule has 0 N–H and O–H groups in total. The molecule has 0 heterocycles. The van der Waals surface area contributed by atoms with E-state index in [4.69, 9.17) is 4.74 Å². The fourth-order valence-electron chi connectivity index (χ4n) is 6.74. The van der Waals surface area contributed by atoms with Crippen molar-refractivity contribution in [2.75, 3.05) is 6.61 Å². The van der Waals surface area contributed by atoms with Crippen LogP contribution in [0.3, 0.4) is 0 Å². The summed E-state index contributed by atoms with van der Waals surface area (Å²) < 4.78 is 6.18. The van der Waals surface area contributed by atoms with Crippen LogP contribution in [0.5, 0.6) is 5.75 Å². The van der Waals surface area contributed by atoms with E-state index < -0.39 is 0 Å². The highest BCUT2D eigenvalue weighted by Crippen LogP contribution is 2.40. The van der Waals surface area contributed by atoms with Gasteiger partial charge in [0, 0.05) is 0 Å². The van der Waals surface area contributed by atoms with Crippen LogP contribution in [0.2, 0.25) is 0 Å². The summed E-state index contributed by atoms with van der Waals surface area (Å²) in [4.78, 5) is 0. The smallest absolute Gasteiger partial charge is 0.119 e. The lowest BCUT2D eigenvalue weighted by Crippen LogP contribution is -1.97. The van der Waals surface area contributed by atoms with Gasteiger partial charge in [-0.1, -0.05) is 182 Å². The molecular formula is C44H54O. The number of benzene rings is 5. The maximum absolute atomic E-state index is 6.18. The summed E-state index contributed by atoms with van der Waals surface area (Å²) in [5, 5.41) is 5.11. The minimum absolute atomic E-state index is 0.799. The van der Waals surface area contributed by atoms with Gasteiger partial charge >= 0.3 is 0 Å². The fraction of sp³-hybridized carbons (Fsp3) is 0.409. The van der Waals surface area contributed by atoms with Crippen molar-refractivity contribution in [2.24, 2.45) is 0 Å². The van der Waals surface area contributed by atoms with Gasteiger partial charge < -0.3 is 4.74 Å². The monoisotopic (exact) mass is 598 g/mol. The highest BCUT2D eigenvalue weighted by molar-refractivity contribution is 6.09. The van der Waals surface area contributed by atoms with Crippen molar-refractivity contribution >= 4 is 21.5 Å². The minimum Gasteiger partial charge on any atom is -0.494 e. The van der Waals surface area contributed by atoms with Gasteiger partial charge in [0.25, 0.3) is 0 Å². The predicted octanol–water partition coefficient (Wildman–Crippen LogP) is 14.0. The average Bonchev–Trinajstić information content (AvgIpc) is 3.09. The second-order valence-electron chi connectivity index (χ2n) is 13.0. The largest absolute Gasteiger partial charge is 0.494 e. The van der Waals surface area contributed by atoms with Crippen LogP contribution in [0.1, 0.15) is 110 Å². The third-order valence-corrected chi connectivity index (χ3v) is 9.38. The molecule has 0 saturated heterocycles. The Morgan fingerprint density at radius 2 is 0.956 bits per heavy atom. The van der Waals surface area contributed by atoms with Gasteiger partial charge in [0.2, 0.25) is 0 Å². The maximum atomic E-state index is 6.18. The summed E-state index contributed by atoms with van der Waals surface area (Å²) >= 11 is 0. The molecule has 0 aliphatic heterocycles. The zero-order valence-electron chi connectivity index (χ0n) is 27.7. The fourth-order valence-corrected chi connectivity index (χ4v) is 6.74. The molecule has 1 nitrogen and oxygen atoms in total. The number of unbranched alkanes of at least 4 members (excludes halogenated alkanes) is 15. The highest BCUT2D eigenvalue weighted by atomic mass is 16.5. The molecule has 0 spiro atoms. The van der Waals surface area contributed by atoms with E-state index in [1.165, 1.54) is 140 Å². The average molecular weight is 599 g/mol. The molecule has 0 aliphatic carbocycles. The molecule has 5 rings (SSSR count). The van der Waals surface area contributed by atoms with E-state index in [-0.39, 0.29) is 0 Å². The van der Waals surface area contributed by atoms with Crippen molar-refractivity contribution in [3.8, 4) is 28.0 Å². The molecule has 236 valence electrons. The molecule has 0 radical (unpaired) electrons.